The third kappa shape index (κ3) is 3.59. The highest BCUT2D eigenvalue weighted by molar-refractivity contribution is 9.10. The molecule has 0 saturated heterocycles. The molecule has 138 valence electrons. The predicted octanol–water partition coefficient (Wildman–Crippen LogP) is 5.35. The molecule has 0 aliphatic heterocycles. The van der Waals surface area contributed by atoms with E-state index in [1.807, 2.05) is 18.4 Å². The van der Waals surface area contributed by atoms with E-state index in [9.17, 15) is 4.39 Å². The van der Waals surface area contributed by atoms with Crippen LogP contribution in [-0.2, 0) is 13.0 Å². The minimum absolute atomic E-state index is 0.168. The van der Waals surface area contributed by atoms with Gasteiger partial charge in [0.05, 0.1) is 12.2 Å². The standard InChI is InChI=1S/C17H18BrClFN5S/c1-10-12(3-2-5-17(20)6-7-17)14(18)25-13(10)15(22-16(19)23-25)21-9-11-4-8-26-24-11/h4,8H,2-3,5-7,9H2,1H3,(H,21,22,23). The molecule has 0 atom stereocenters. The Hall–Kier alpha value is -1.25. The van der Waals surface area contributed by atoms with Gasteiger partial charge in [-0.3, -0.25) is 0 Å². The summed E-state index contributed by atoms with van der Waals surface area (Å²) in [4.78, 5) is 4.36. The van der Waals surface area contributed by atoms with Gasteiger partial charge in [0.1, 0.15) is 15.8 Å². The number of hydrogen-bond acceptors (Lipinski definition) is 5. The second-order valence-electron chi connectivity index (χ2n) is 6.73. The Morgan fingerprint density at radius 3 is 2.96 bits per heavy atom. The summed E-state index contributed by atoms with van der Waals surface area (Å²) in [7, 11) is 0. The van der Waals surface area contributed by atoms with Crippen LogP contribution in [0.15, 0.2) is 16.0 Å². The Kier molecular flexibility index (Phi) is 4.92. The Bertz CT molecular complexity index is 939. The molecule has 1 saturated carbocycles. The smallest absolute Gasteiger partial charge is 0.243 e. The molecule has 1 fully saturated rings. The lowest BCUT2D eigenvalue weighted by atomic mass is 10.0. The van der Waals surface area contributed by atoms with Crippen LogP contribution in [0.2, 0.25) is 5.28 Å². The van der Waals surface area contributed by atoms with Gasteiger partial charge in [-0.05, 0) is 95.3 Å². The van der Waals surface area contributed by atoms with Crippen molar-refractivity contribution in [3.63, 3.8) is 0 Å². The highest BCUT2D eigenvalue weighted by atomic mass is 79.9. The van der Waals surface area contributed by atoms with Crippen molar-refractivity contribution >= 4 is 50.4 Å². The molecule has 4 rings (SSSR count). The van der Waals surface area contributed by atoms with E-state index >= 15 is 0 Å². The van der Waals surface area contributed by atoms with Crippen molar-refractivity contribution in [1.29, 1.82) is 0 Å². The molecule has 1 N–H and O–H groups in total. The Morgan fingerprint density at radius 2 is 2.27 bits per heavy atom. The number of nitrogens with one attached hydrogen (secondary N) is 1. The summed E-state index contributed by atoms with van der Waals surface area (Å²) in [6, 6.07) is 1.97. The third-order valence-corrected chi connectivity index (χ3v) is 6.41. The van der Waals surface area contributed by atoms with Crippen molar-refractivity contribution in [1.82, 2.24) is 19.0 Å². The highest BCUT2D eigenvalue weighted by Crippen LogP contribution is 2.44. The number of halogens is 3. The summed E-state index contributed by atoms with van der Waals surface area (Å²) in [6.45, 7) is 2.61. The largest absolute Gasteiger partial charge is 0.362 e. The van der Waals surface area contributed by atoms with E-state index in [-0.39, 0.29) is 5.28 Å². The summed E-state index contributed by atoms with van der Waals surface area (Å²) >= 11 is 11.2. The third-order valence-electron chi connectivity index (χ3n) is 4.84. The molecule has 3 heterocycles. The molecule has 1 aliphatic rings. The normalized spacial score (nSPS) is 15.5. The molecular weight excluding hydrogens is 441 g/mol. The van der Waals surface area contributed by atoms with Gasteiger partial charge in [-0.25, -0.2) is 8.91 Å². The Balaban J connectivity index is 1.62. The zero-order valence-corrected chi connectivity index (χ0v) is 17.4. The van der Waals surface area contributed by atoms with Crippen molar-refractivity contribution in [2.75, 3.05) is 5.32 Å². The minimum Gasteiger partial charge on any atom is -0.362 e. The highest BCUT2D eigenvalue weighted by Gasteiger charge is 2.42. The van der Waals surface area contributed by atoms with Gasteiger partial charge in [0.2, 0.25) is 5.28 Å². The van der Waals surface area contributed by atoms with Crippen molar-refractivity contribution in [3.8, 4) is 0 Å². The molecule has 9 heteroatoms. The van der Waals surface area contributed by atoms with E-state index in [0.29, 0.717) is 31.6 Å². The number of rotatable bonds is 7. The molecule has 0 bridgehead atoms. The number of hydrogen-bond donors (Lipinski definition) is 1. The van der Waals surface area contributed by atoms with Gasteiger partial charge in [0.15, 0.2) is 5.82 Å². The monoisotopic (exact) mass is 457 g/mol. The van der Waals surface area contributed by atoms with Gasteiger partial charge < -0.3 is 5.32 Å². The summed E-state index contributed by atoms with van der Waals surface area (Å²) in [5.41, 5.74) is 3.13. The average Bonchev–Trinajstić information content (AvgIpc) is 3.04. The van der Waals surface area contributed by atoms with Crippen LogP contribution in [0, 0.1) is 6.92 Å². The predicted molar refractivity (Wildman–Crippen MR) is 106 cm³/mol. The van der Waals surface area contributed by atoms with Crippen LogP contribution in [0.25, 0.3) is 5.52 Å². The average molecular weight is 459 g/mol. The number of alkyl halides is 1. The fraction of sp³-hybridized carbons (Fsp3) is 0.471. The lowest BCUT2D eigenvalue weighted by molar-refractivity contribution is 0.284. The van der Waals surface area contributed by atoms with Crippen LogP contribution in [0.5, 0.6) is 0 Å². The molecular formula is C17H18BrClFN5S. The van der Waals surface area contributed by atoms with E-state index in [4.69, 9.17) is 11.6 Å². The Morgan fingerprint density at radius 1 is 1.46 bits per heavy atom. The van der Waals surface area contributed by atoms with Crippen molar-refractivity contribution in [2.24, 2.45) is 0 Å². The van der Waals surface area contributed by atoms with E-state index in [2.05, 4.69) is 35.7 Å². The first-order chi connectivity index (χ1) is 12.5. The number of nitrogens with zero attached hydrogens (tertiary/aromatic N) is 4. The molecule has 0 amide bonds. The molecule has 0 spiro atoms. The van der Waals surface area contributed by atoms with Crippen LogP contribution in [0.3, 0.4) is 0 Å². The van der Waals surface area contributed by atoms with Gasteiger partial charge in [-0.1, -0.05) is 0 Å². The van der Waals surface area contributed by atoms with E-state index < -0.39 is 5.67 Å². The lowest BCUT2D eigenvalue weighted by Crippen LogP contribution is -2.06. The molecule has 3 aromatic heterocycles. The lowest BCUT2D eigenvalue weighted by Gasteiger charge is -2.07. The first-order valence-electron chi connectivity index (χ1n) is 8.52. The fourth-order valence-corrected chi connectivity index (χ4v) is 4.64. The number of anilines is 1. The molecule has 5 nitrogen and oxygen atoms in total. The van der Waals surface area contributed by atoms with E-state index in [1.165, 1.54) is 11.5 Å². The summed E-state index contributed by atoms with van der Waals surface area (Å²) in [5, 5.41) is 9.74. The van der Waals surface area contributed by atoms with Crippen LogP contribution in [0.4, 0.5) is 10.2 Å². The molecule has 1 aliphatic carbocycles. The maximum Gasteiger partial charge on any atom is 0.243 e. The Labute approximate surface area is 168 Å². The molecule has 0 unspecified atom stereocenters. The number of fused-ring (bicyclic) bond motifs is 1. The molecule has 0 aromatic carbocycles. The van der Waals surface area contributed by atoms with Crippen LogP contribution in [0.1, 0.15) is 42.5 Å². The quantitative estimate of drug-likeness (QED) is 0.519. The fourth-order valence-electron chi connectivity index (χ4n) is 3.19. The zero-order valence-electron chi connectivity index (χ0n) is 14.2. The van der Waals surface area contributed by atoms with Crippen molar-refractivity contribution in [3.05, 3.63) is 38.2 Å². The van der Waals surface area contributed by atoms with Gasteiger partial charge in [-0.2, -0.15) is 9.36 Å². The minimum atomic E-state index is -0.914. The summed E-state index contributed by atoms with van der Waals surface area (Å²) in [6.07, 6.45) is 3.64. The van der Waals surface area contributed by atoms with Gasteiger partial charge in [0, 0.05) is 5.38 Å². The van der Waals surface area contributed by atoms with E-state index in [0.717, 1.165) is 39.8 Å². The second-order valence-corrected chi connectivity index (χ2v) is 8.49. The summed E-state index contributed by atoms with van der Waals surface area (Å²) < 4.78 is 20.8. The van der Waals surface area contributed by atoms with Gasteiger partial charge in [-0.15, -0.1) is 5.10 Å². The summed E-state index contributed by atoms with van der Waals surface area (Å²) in [5.74, 6) is 0.673. The number of aryl methyl sites for hydroxylation is 1. The zero-order chi connectivity index (χ0) is 18.3. The van der Waals surface area contributed by atoms with Crippen LogP contribution in [-0.4, -0.2) is 24.6 Å². The van der Waals surface area contributed by atoms with Crippen molar-refractivity contribution < 1.29 is 4.39 Å². The first-order valence-corrected chi connectivity index (χ1v) is 10.5. The number of aromatic nitrogens is 4. The second kappa shape index (κ2) is 7.05. The first kappa shape index (κ1) is 18.1. The van der Waals surface area contributed by atoms with Gasteiger partial charge in [0.25, 0.3) is 0 Å². The topological polar surface area (TPSA) is 55.1 Å². The maximum absolute atomic E-state index is 13.9. The maximum atomic E-state index is 13.9. The molecule has 0 radical (unpaired) electrons. The molecule has 26 heavy (non-hydrogen) atoms. The van der Waals surface area contributed by atoms with Crippen molar-refractivity contribution in [2.45, 2.75) is 51.2 Å². The molecule has 3 aromatic rings. The van der Waals surface area contributed by atoms with E-state index in [1.54, 1.807) is 4.52 Å². The van der Waals surface area contributed by atoms with Crippen LogP contribution < -0.4 is 5.32 Å². The SMILES string of the molecule is Cc1c(CCCC2(F)CC2)c(Br)n2nc(Cl)nc(NCc3ccsn3)c12. The van der Waals surface area contributed by atoms with Gasteiger partial charge >= 0.3 is 0 Å². The van der Waals surface area contributed by atoms with Crippen LogP contribution >= 0.6 is 39.1 Å².